The molecule has 0 saturated heterocycles. The SMILES string of the molecule is Cc1nc2ccccc2c(=O)n1N=Cc1c(F)cccc1Cl. The maximum absolute atomic E-state index is 13.7. The Balaban J connectivity index is 2.15. The molecule has 0 atom stereocenters. The van der Waals surface area contributed by atoms with Gasteiger partial charge in [0.15, 0.2) is 0 Å². The third kappa shape index (κ3) is 2.51. The van der Waals surface area contributed by atoms with E-state index in [1.165, 1.54) is 18.3 Å². The van der Waals surface area contributed by atoms with Gasteiger partial charge in [0.05, 0.1) is 22.1 Å². The van der Waals surface area contributed by atoms with E-state index in [4.69, 9.17) is 11.6 Å². The molecule has 6 heteroatoms. The van der Waals surface area contributed by atoms with Crippen LogP contribution in [0.1, 0.15) is 11.4 Å². The monoisotopic (exact) mass is 315 g/mol. The van der Waals surface area contributed by atoms with Gasteiger partial charge in [-0.25, -0.2) is 9.37 Å². The van der Waals surface area contributed by atoms with Crippen LogP contribution in [-0.2, 0) is 0 Å². The number of nitrogens with zero attached hydrogens (tertiary/aromatic N) is 3. The molecular weight excluding hydrogens is 305 g/mol. The Kier molecular flexibility index (Phi) is 3.73. The van der Waals surface area contributed by atoms with Gasteiger partial charge in [0.1, 0.15) is 11.6 Å². The first kappa shape index (κ1) is 14.4. The summed E-state index contributed by atoms with van der Waals surface area (Å²) in [5.74, 6) is -0.0943. The quantitative estimate of drug-likeness (QED) is 0.681. The normalized spacial score (nSPS) is 11.4. The average Bonchev–Trinajstić information content (AvgIpc) is 2.49. The van der Waals surface area contributed by atoms with E-state index in [0.717, 1.165) is 4.68 Å². The Morgan fingerprint density at radius 2 is 2.00 bits per heavy atom. The van der Waals surface area contributed by atoms with E-state index < -0.39 is 5.82 Å². The molecule has 0 spiro atoms. The first-order valence-corrected chi connectivity index (χ1v) is 6.92. The molecule has 110 valence electrons. The summed E-state index contributed by atoms with van der Waals surface area (Å²) in [5, 5.41) is 4.71. The minimum atomic E-state index is -0.504. The maximum atomic E-state index is 13.7. The van der Waals surface area contributed by atoms with Crippen molar-refractivity contribution < 1.29 is 4.39 Å². The van der Waals surface area contributed by atoms with Crippen molar-refractivity contribution in [1.29, 1.82) is 0 Å². The van der Waals surface area contributed by atoms with Crippen LogP contribution in [-0.4, -0.2) is 15.9 Å². The predicted octanol–water partition coefficient (Wildman–Crippen LogP) is 3.38. The van der Waals surface area contributed by atoms with Crippen LogP contribution < -0.4 is 5.56 Å². The van der Waals surface area contributed by atoms with Gasteiger partial charge in [-0.2, -0.15) is 9.78 Å². The van der Waals surface area contributed by atoms with E-state index in [1.54, 1.807) is 37.3 Å². The molecule has 4 nitrogen and oxygen atoms in total. The second-order valence-corrected chi connectivity index (χ2v) is 5.08. The van der Waals surface area contributed by atoms with Crippen molar-refractivity contribution in [2.45, 2.75) is 6.92 Å². The highest BCUT2D eigenvalue weighted by Gasteiger charge is 2.08. The molecule has 0 unspecified atom stereocenters. The molecule has 0 fully saturated rings. The van der Waals surface area contributed by atoms with Gasteiger partial charge in [-0.3, -0.25) is 4.79 Å². The molecule has 3 aromatic rings. The van der Waals surface area contributed by atoms with Crippen molar-refractivity contribution in [3.05, 3.63) is 75.0 Å². The summed E-state index contributed by atoms with van der Waals surface area (Å²) < 4.78 is 14.9. The van der Waals surface area contributed by atoms with Crippen LogP contribution in [0.15, 0.2) is 52.4 Å². The fourth-order valence-corrected chi connectivity index (χ4v) is 2.33. The lowest BCUT2D eigenvalue weighted by molar-refractivity contribution is 0.625. The van der Waals surface area contributed by atoms with Gasteiger partial charge >= 0.3 is 0 Å². The number of aryl methyl sites for hydroxylation is 1. The Bertz CT molecular complexity index is 930. The summed E-state index contributed by atoms with van der Waals surface area (Å²) in [6.07, 6.45) is 1.22. The topological polar surface area (TPSA) is 47.2 Å². The molecule has 0 aliphatic rings. The van der Waals surface area contributed by atoms with Crippen LogP contribution >= 0.6 is 11.6 Å². The Hall–Kier alpha value is -2.53. The zero-order valence-electron chi connectivity index (χ0n) is 11.6. The van der Waals surface area contributed by atoms with E-state index >= 15 is 0 Å². The number of hydrogen-bond donors (Lipinski definition) is 0. The van der Waals surface area contributed by atoms with Crippen LogP contribution in [0.5, 0.6) is 0 Å². The van der Waals surface area contributed by atoms with E-state index in [2.05, 4.69) is 10.1 Å². The van der Waals surface area contributed by atoms with Gasteiger partial charge in [-0.15, -0.1) is 0 Å². The molecule has 1 heterocycles. The van der Waals surface area contributed by atoms with Crippen molar-refractivity contribution in [2.24, 2.45) is 5.10 Å². The highest BCUT2D eigenvalue weighted by atomic mass is 35.5. The Labute approximate surface area is 130 Å². The largest absolute Gasteiger partial charge is 0.282 e. The van der Waals surface area contributed by atoms with Crippen LogP contribution in [0, 0.1) is 12.7 Å². The molecule has 22 heavy (non-hydrogen) atoms. The summed E-state index contributed by atoms with van der Waals surface area (Å²) in [7, 11) is 0. The van der Waals surface area contributed by atoms with E-state index in [9.17, 15) is 9.18 Å². The zero-order valence-corrected chi connectivity index (χ0v) is 12.4. The number of hydrogen-bond acceptors (Lipinski definition) is 3. The molecule has 0 bridgehead atoms. The van der Waals surface area contributed by atoms with Crippen LogP contribution in [0.25, 0.3) is 10.9 Å². The molecule has 0 aliphatic heterocycles. The van der Waals surface area contributed by atoms with Gasteiger partial charge in [-0.05, 0) is 31.2 Å². The van der Waals surface area contributed by atoms with Crippen molar-refractivity contribution in [1.82, 2.24) is 9.66 Å². The minimum Gasteiger partial charge on any atom is -0.267 e. The molecule has 0 radical (unpaired) electrons. The lowest BCUT2D eigenvalue weighted by Gasteiger charge is -2.05. The van der Waals surface area contributed by atoms with Gasteiger partial charge < -0.3 is 0 Å². The van der Waals surface area contributed by atoms with Crippen LogP contribution in [0.3, 0.4) is 0 Å². The number of benzene rings is 2. The Morgan fingerprint density at radius 1 is 1.23 bits per heavy atom. The van der Waals surface area contributed by atoms with Gasteiger partial charge in [-0.1, -0.05) is 29.8 Å². The summed E-state index contributed by atoms with van der Waals surface area (Å²) >= 11 is 5.94. The fourth-order valence-electron chi connectivity index (χ4n) is 2.12. The standard InChI is InChI=1S/C16H11ClFN3O/c1-10-20-15-8-3-2-5-11(15)16(22)21(10)19-9-12-13(17)6-4-7-14(12)18/h2-9H,1H3. The predicted molar refractivity (Wildman–Crippen MR) is 85.1 cm³/mol. The second-order valence-electron chi connectivity index (χ2n) is 4.67. The minimum absolute atomic E-state index is 0.128. The molecule has 3 rings (SSSR count). The lowest BCUT2D eigenvalue weighted by atomic mass is 10.2. The third-order valence-electron chi connectivity index (χ3n) is 3.22. The molecular formula is C16H11ClFN3O. The molecule has 0 saturated carbocycles. The number of halogens is 2. The average molecular weight is 316 g/mol. The molecule has 0 amide bonds. The number of fused-ring (bicyclic) bond motifs is 1. The van der Waals surface area contributed by atoms with E-state index in [0.29, 0.717) is 16.7 Å². The van der Waals surface area contributed by atoms with Crippen LogP contribution in [0.4, 0.5) is 4.39 Å². The summed E-state index contributed by atoms with van der Waals surface area (Å²) in [6.45, 7) is 1.66. The maximum Gasteiger partial charge on any atom is 0.282 e. The smallest absolute Gasteiger partial charge is 0.267 e. The van der Waals surface area contributed by atoms with Crippen molar-refractivity contribution in [2.75, 3.05) is 0 Å². The first-order chi connectivity index (χ1) is 10.6. The summed E-state index contributed by atoms with van der Waals surface area (Å²) in [5.41, 5.74) is 0.413. The summed E-state index contributed by atoms with van der Waals surface area (Å²) in [6, 6.07) is 11.3. The van der Waals surface area contributed by atoms with Crippen molar-refractivity contribution in [3.8, 4) is 0 Å². The second kappa shape index (κ2) is 5.69. The zero-order chi connectivity index (χ0) is 15.7. The molecule has 2 aromatic carbocycles. The van der Waals surface area contributed by atoms with E-state index in [-0.39, 0.29) is 16.1 Å². The van der Waals surface area contributed by atoms with Crippen molar-refractivity contribution in [3.63, 3.8) is 0 Å². The highest BCUT2D eigenvalue weighted by molar-refractivity contribution is 6.33. The van der Waals surface area contributed by atoms with Gasteiger partial charge in [0, 0.05) is 5.56 Å². The Morgan fingerprint density at radius 3 is 2.77 bits per heavy atom. The van der Waals surface area contributed by atoms with Crippen LogP contribution in [0.2, 0.25) is 5.02 Å². The molecule has 1 aromatic heterocycles. The van der Waals surface area contributed by atoms with Gasteiger partial charge in [0.2, 0.25) is 0 Å². The van der Waals surface area contributed by atoms with Gasteiger partial charge in [0.25, 0.3) is 5.56 Å². The molecule has 0 N–H and O–H groups in total. The number of aromatic nitrogens is 2. The first-order valence-electron chi connectivity index (χ1n) is 6.54. The lowest BCUT2D eigenvalue weighted by Crippen LogP contribution is -2.20. The van der Waals surface area contributed by atoms with E-state index in [1.807, 2.05) is 0 Å². The molecule has 0 aliphatic carbocycles. The summed E-state index contributed by atoms with van der Waals surface area (Å²) in [4.78, 5) is 16.7. The van der Waals surface area contributed by atoms with Crippen molar-refractivity contribution >= 4 is 28.7 Å². The highest BCUT2D eigenvalue weighted by Crippen LogP contribution is 2.16. The fraction of sp³-hybridized carbons (Fsp3) is 0.0625. The number of rotatable bonds is 2. The third-order valence-corrected chi connectivity index (χ3v) is 3.55. The number of para-hydroxylation sites is 1.